The van der Waals surface area contributed by atoms with Gasteiger partial charge in [-0.1, -0.05) is 6.07 Å². The molecule has 1 heterocycles. The summed E-state index contributed by atoms with van der Waals surface area (Å²) in [6.45, 7) is 3.35. The summed E-state index contributed by atoms with van der Waals surface area (Å²) < 4.78 is 0.908. The molecule has 0 radical (unpaired) electrons. The quantitative estimate of drug-likeness (QED) is 0.875. The van der Waals surface area contributed by atoms with Crippen LogP contribution in [-0.4, -0.2) is 11.8 Å². The van der Waals surface area contributed by atoms with Crippen LogP contribution in [0.5, 0.6) is 0 Å². The summed E-state index contributed by atoms with van der Waals surface area (Å²) in [6, 6.07) is 8.99. The number of benzene rings is 1. The number of hydrogen-bond donors (Lipinski definition) is 2. The van der Waals surface area contributed by atoms with Crippen LogP contribution >= 0.6 is 27.3 Å². The second kappa shape index (κ2) is 6.19. The molecule has 0 saturated carbocycles. The molecule has 1 aromatic carbocycles. The van der Waals surface area contributed by atoms with Crippen LogP contribution in [0.15, 0.2) is 34.1 Å². The standard InChI is InChI=1S/C14H13BrN2O2S/c1-8-3-4-10(7-11(8)16-9(2)18)17-14(19)12-5-6-13(15)20-12/h3-7H,1-2H3,(H,16,18)(H,17,19). The molecule has 0 aliphatic heterocycles. The van der Waals surface area contributed by atoms with Gasteiger partial charge in [0.1, 0.15) is 0 Å². The minimum absolute atomic E-state index is 0.140. The number of nitrogens with one attached hydrogen (secondary N) is 2. The normalized spacial score (nSPS) is 10.2. The lowest BCUT2D eigenvalue weighted by atomic mass is 10.1. The summed E-state index contributed by atoms with van der Waals surface area (Å²) in [5, 5.41) is 5.55. The third-order valence-corrected chi connectivity index (χ3v) is 4.23. The summed E-state index contributed by atoms with van der Waals surface area (Å²) in [5.74, 6) is -0.308. The Morgan fingerprint density at radius 3 is 2.50 bits per heavy atom. The highest BCUT2D eigenvalue weighted by Gasteiger charge is 2.10. The number of carbonyl (C=O) groups is 2. The maximum absolute atomic E-state index is 12.0. The highest BCUT2D eigenvalue weighted by atomic mass is 79.9. The van der Waals surface area contributed by atoms with E-state index in [2.05, 4.69) is 26.6 Å². The van der Waals surface area contributed by atoms with Crippen LogP contribution in [0.1, 0.15) is 22.2 Å². The van der Waals surface area contributed by atoms with Gasteiger partial charge in [-0.15, -0.1) is 11.3 Å². The van der Waals surface area contributed by atoms with E-state index in [1.165, 1.54) is 18.3 Å². The SMILES string of the molecule is CC(=O)Nc1cc(NC(=O)c2ccc(Br)s2)ccc1C. The minimum atomic E-state index is -0.168. The molecule has 2 rings (SSSR count). The Bertz CT molecular complexity index is 667. The predicted octanol–water partition coefficient (Wildman–Crippen LogP) is 4.03. The number of aryl methyl sites for hydroxylation is 1. The maximum atomic E-state index is 12.0. The zero-order valence-electron chi connectivity index (χ0n) is 11.0. The number of halogens is 1. The molecule has 0 atom stereocenters. The van der Waals surface area contributed by atoms with Crippen molar-refractivity contribution in [2.45, 2.75) is 13.8 Å². The van der Waals surface area contributed by atoms with Crippen LogP contribution in [0.3, 0.4) is 0 Å². The maximum Gasteiger partial charge on any atom is 0.265 e. The van der Waals surface area contributed by atoms with Crippen molar-refractivity contribution in [3.63, 3.8) is 0 Å². The first-order chi connectivity index (χ1) is 9.45. The second-order valence-electron chi connectivity index (χ2n) is 4.27. The Morgan fingerprint density at radius 1 is 1.15 bits per heavy atom. The van der Waals surface area contributed by atoms with Gasteiger partial charge in [-0.25, -0.2) is 0 Å². The van der Waals surface area contributed by atoms with Crippen molar-refractivity contribution < 1.29 is 9.59 Å². The van der Waals surface area contributed by atoms with Crippen molar-refractivity contribution in [3.05, 3.63) is 44.6 Å². The van der Waals surface area contributed by atoms with Crippen molar-refractivity contribution >= 4 is 50.5 Å². The number of thiophene rings is 1. The molecule has 2 N–H and O–H groups in total. The number of hydrogen-bond acceptors (Lipinski definition) is 3. The minimum Gasteiger partial charge on any atom is -0.326 e. The van der Waals surface area contributed by atoms with Gasteiger partial charge >= 0.3 is 0 Å². The number of anilines is 2. The Labute approximate surface area is 129 Å². The molecule has 0 saturated heterocycles. The van der Waals surface area contributed by atoms with Gasteiger partial charge in [0.25, 0.3) is 5.91 Å². The average Bonchev–Trinajstić information content (AvgIpc) is 2.79. The van der Waals surface area contributed by atoms with Gasteiger partial charge in [0.15, 0.2) is 0 Å². The van der Waals surface area contributed by atoms with Crippen LogP contribution in [-0.2, 0) is 4.79 Å². The van der Waals surface area contributed by atoms with Crippen LogP contribution in [0.2, 0.25) is 0 Å². The van der Waals surface area contributed by atoms with Crippen LogP contribution < -0.4 is 10.6 Å². The number of carbonyl (C=O) groups excluding carboxylic acids is 2. The first kappa shape index (κ1) is 14.7. The van der Waals surface area contributed by atoms with Gasteiger partial charge in [-0.05, 0) is 52.7 Å². The highest BCUT2D eigenvalue weighted by molar-refractivity contribution is 9.11. The zero-order valence-corrected chi connectivity index (χ0v) is 13.4. The smallest absolute Gasteiger partial charge is 0.265 e. The Hall–Kier alpha value is -1.66. The molecule has 0 aliphatic carbocycles. The number of amides is 2. The third kappa shape index (κ3) is 3.68. The molecule has 0 aliphatic rings. The lowest BCUT2D eigenvalue weighted by Crippen LogP contribution is -2.11. The van der Waals surface area contributed by atoms with E-state index in [1.807, 2.05) is 19.1 Å². The largest absolute Gasteiger partial charge is 0.326 e. The monoisotopic (exact) mass is 352 g/mol. The van der Waals surface area contributed by atoms with Gasteiger partial charge < -0.3 is 10.6 Å². The Balaban J connectivity index is 2.17. The van der Waals surface area contributed by atoms with Crippen LogP contribution in [0.4, 0.5) is 11.4 Å². The van der Waals surface area contributed by atoms with Crippen molar-refractivity contribution in [1.29, 1.82) is 0 Å². The molecule has 2 aromatic rings. The van der Waals surface area contributed by atoms with Crippen molar-refractivity contribution in [2.24, 2.45) is 0 Å². The lowest BCUT2D eigenvalue weighted by molar-refractivity contribution is -0.114. The average molecular weight is 353 g/mol. The molecule has 2 amide bonds. The fourth-order valence-electron chi connectivity index (χ4n) is 1.65. The van der Waals surface area contributed by atoms with E-state index in [1.54, 1.807) is 18.2 Å². The molecule has 104 valence electrons. The van der Waals surface area contributed by atoms with E-state index < -0.39 is 0 Å². The molecular weight excluding hydrogens is 340 g/mol. The van der Waals surface area contributed by atoms with E-state index in [4.69, 9.17) is 0 Å². The summed E-state index contributed by atoms with van der Waals surface area (Å²) in [4.78, 5) is 23.8. The van der Waals surface area contributed by atoms with Gasteiger partial charge in [-0.3, -0.25) is 9.59 Å². The van der Waals surface area contributed by atoms with Gasteiger partial charge in [0.2, 0.25) is 5.91 Å². The summed E-state index contributed by atoms with van der Waals surface area (Å²) in [6.07, 6.45) is 0. The summed E-state index contributed by atoms with van der Waals surface area (Å²) in [7, 11) is 0. The predicted molar refractivity (Wildman–Crippen MR) is 85.5 cm³/mol. The number of rotatable bonds is 3. The third-order valence-electron chi connectivity index (χ3n) is 2.60. The van der Waals surface area contributed by atoms with E-state index in [0.29, 0.717) is 16.3 Å². The van der Waals surface area contributed by atoms with E-state index in [-0.39, 0.29) is 11.8 Å². The fourth-order valence-corrected chi connectivity index (χ4v) is 2.93. The molecule has 0 bridgehead atoms. The molecule has 20 heavy (non-hydrogen) atoms. The van der Waals surface area contributed by atoms with Crippen molar-refractivity contribution in [1.82, 2.24) is 0 Å². The molecule has 1 aromatic heterocycles. The van der Waals surface area contributed by atoms with Gasteiger partial charge in [0, 0.05) is 18.3 Å². The summed E-state index contributed by atoms with van der Waals surface area (Å²) in [5.41, 5.74) is 2.29. The highest BCUT2D eigenvalue weighted by Crippen LogP contribution is 2.24. The fraction of sp³-hybridized carbons (Fsp3) is 0.143. The van der Waals surface area contributed by atoms with Crippen LogP contribution in [0, 0.1) is 6.92 Å². The molecule has 0 unspecified atom stereocenters. The van der Waals surface area contributed by atoms with Crippen molar-refractivity contribution in [2.75, 3.05) is 10.6 Å². The molecule has 6 heteroatoms. The Morgan fingerprint density at radius 2 is 1.90 bits per heavy atom. The second-order valence-corrected chi connectivity index (χ2v) is 6.73. The summed E-state index contributed by atoms with van der Waals surface area (Å²) >= 11 is 4.69. The molecular formula is C14H13BrN2O2S. The van der Waals surface area contributed by atoms with E-state index in [9.17, 15) is 9.59 Å². The van der Waals surface area contributed by atoms with Gasteiger partial charge in [-0.2, -0.15) is 0 Å². The molecule has 0 spiro atoms. The van der Waals surface area contributed by atoms with Crippen molar-refractivity contribution in [3.8, 4) is 0 Å². The lowest BCUT2D eigenvalue weighted by Gasteiger charge is -2.10. The van der Waals surface area contributed by atoms with Crippen LogP contribution in [0.25, 0.3) is 0 Å². The first-order valence-electron chi connectivity index (χ1n) is 5.90. The van der Waals surface area contributed by atoms with E-state index >= 15 is 0 Å². The molecule has 4 nitrogen and oxygen atoms in total. The van der Waals surface area contributed by atoms with E-state index in [0.717, 1.165) is 9.35 Å². The topological polar surface area (TPSA) is 58.2 Å². The first-order valence-corrected chi connectivity index (χ1v) is 7.51. The van der Waals surface area contributed by atoms with Gasteiger partial charge in [0.05, 0.1) is 8.66 Å². The zero-order chi connectivity index (χ0) is 14.7. The Kier molecular flexibility index (Phi) is 4.57. The molecule has 0 fully saturated rings.